The van der Waals surface area contributed by atoms with Crippen LogP contribution in [0.2, 0.25) is 15.1 Å². The largest absolute Gasteiger partial charge is 0.482 e. The minimum Gasteiger partial charge on any atom is -0.482 e. The quantitative estimate of drug-likeness (QED) is 0.494. The zero-order valence-corrected chi connectivity index (χ0v) is 20.2. The second-order valence-corrected chi connectivity index (χ2v) is 9.25. The molecule has 1 atom stereocenters. The standard InChI is InChI=1S/C24H27Cl3N2O3/c1-16(24(31)28-19-8-3-2-4-9-19)29(14-17-7-5-6-10-20(17)26)23(30)15-32-22-12-11-18(25)13-21(22)27/h5-7,10-13,16,19H,2-4,8-9,14-15H2,1H3,(H,28,31). The number of rotatable bonds is 8. The molecule has 0 radical (unpaired) electrons. The highest BCUT2D eigenvalue weighted by Crippen LogP contribution is 2.28. The predicted octanol–water partition coefficient (Wildman–Crippen LogP) is 5.89. The smallest absolute Gasteiger partial charge is 0.261 e. The van der Waals surface area contributed by atoms with E-state index < -0.39 is 6.04 Å². The molecule has 32 heavy (non-hydrogen) atoms. The molecule has 0 saturated heterocycles. The van der Waals surface area contributed by atoms with E-state index in [1.807, 2.05) is 18.2 Å². The highest BCUT2D eigenvalue weighted by Gasteiger charge is 2.29. The number of nitrogens with zero attached hydrogens (tertiary/aromatic N) is 1. The Morgan fingerprint density at radius 2 is 1.78 bits per heavy atom. The van der Waals surface area contributed by atoms with Gasteiger partial charge in [-0.05, 0) is 49.6 Å². The topological polar surface area (TPSA) is 58.6 Å². The molecule has 3 rings (SSSR count). The van der Waals surface area contributed by atoms with Crippen LogP contribution in [-0.4, -0.2) is 35.4 Å². The maximum Gasteiger partial charge on any atom is 0.261 e. The van der Waals surface area contributed by atoms with Gasteiger partial charge in [-0.2, -0.15) is 0 Å². The molecule has 5 nitrogen and oxygen atoms in total. The van der Waals surface area contributed by atoms with E-state index in [0.29, 0.717) is 20.8 Å². The first kappa shape index (κ1) is 24.7. The molecule has 0 aliphatic heterocycles. The van der Waals surface area contributed by atoms with Crippen molar-refractivity contribution >= 4 is 46.6 Å². The summed E-state index contributed by atoms with van der Waals surface area (Å²) in [6, 6.07) is 11.5. The fourth-order valence-electron chi connectivity index (χ4n) is 3.78. The Morgan fingerprint density at radius 3 is 2.47 bits per heavy atom. The van der Waals surface area contributed by atoms with Crippen molar-refractivity contribution in [3.63, 3.8) is 0 Å². The van der Waals surface area contributed by atoms with Crippen LogP contribution in [0.15, 0.2) is 42.5 Å². The molecule has 0 heterocycles. The lowest BCUT2D eigenvalue weighted by molar-refractivity contribution is -0.142. The van der Waals surface area contributed by atoms with Gasteiger partial charge in [0.2, 0.25) is 5.91 Å². The van der Waals surface area contributed by atoms with Crippen LogP contribution in [0.3, 0.4) is 0 Å². The molecular weight excluding hydrogens is 471 g/mol. The van der Waals surface area contributed by atoms with Crippen LogP contribution >= 0.6 is 34.8 Å². The van der Waals surface area contributed by atoms with Crippen LogP contribution in [0, 0.1) is 0 Å². The van der Waals surface area contributed by atoms with E-state index in [-0.39, 0.29) is 31.0 Å². The predicted molar refractivity (Wildman–Crippen MR) is 128 cm³/mol. The van der Waals surface area contributed by atoms with Gasteiger partial charge in [0.25, 0.3) is 5.91 Å². The van der Waals surface area contributed by atoms with Gasteiger partial charge in [-0.3, -0.25) is 9.59 Å². The van der Waals surface area contributed by atoms with Gasteiger partial charge >= 0.3 is 0 Å². The van der Waals surface area contributed by atoms with Crippen LogP contribution in [0.25, 0.3) is 0 Å². The number of nitrogens with one attached hydrogen (secondary N) is 1. The van der Waals surface area contributed by atoms with Crippen LogP contribution in [0.4, 0.5) is 0 Å². The average Bonchev–Trinajstić information content (AvgIpc) is 2.78. The minimum atomic E-state index is -0.690. The summed E-state index contributed by atoms with van der Waals surface area (Å²) in [5.74, 6) is -0.175. The molecule has 1 N–H and O–H groups in total. The Balaban J connectivity index is 1.73. The maximum atomic E-state index is 13.2. The summed E-state index contributed by atoms with van der Waals surface area (Å²) in [6.45, 7) is 1.64. The Hall–Kier alpha value is -1.95. The van der Waals surface area contributed by atoms with Gasteiger partial charge in [-0.15, -0.1) is 0 Å². The van der Waals surface area contributed by atoms with Gasteiger partial charge in [0.15, 0.2) is 6.61 Å². The third kappa shape index (κ3) is 6.77. The van der Waals surface area contributed by atoms with Gasteiger partial charge in [0.05, 0.1) is 5.02 Å². The maximum absolute atomic E-state index is 13.2. The number of carbonyl (C=O) groups is 2. The van der Waals surface area contributed by atoms with Crippen LogP contribution in [0.5, 0.6) is 5.75 Å². The van der Waals surface area contributed by atoms with Crippen molar-refractivity contribution in [1.82, 2.24) is 10.2 Å². The number of halogens is 3. The lowest BCUT2D eigenvalue weighted by Crippen LogP contribution is -2.51. The Kier molecular flexibility index (Phi) is 9.09. The van der Waals surface area contributed by atoms with Crippen LogP contribution in [-0.2, 0) is 16.1 Å². The van der Waals surface area contributed by atoms with Gasteiger partial charge in [0.1, 0.15) is 11.8 Å². The number of ether oxygens (including phenoxy) is 1. The van der Waals surface area contributed by atoms with Crippen LogP contribution in [0.1, 0.15) is 44.6 Å². The van der Waals surface area contributed by atoms with Crippen molar-refractivity contribution in [3.8, 4) is 5.75 Å². The summed E-state index contributed by atoms with van der Waals surface area (Å²) in [4.78, 5) is 27.6. The lowest BCUT2D eigenvalue weighted by Gasteiger charge is -2.31. The monoisotopic (exact) mass is 496 g/mol. The summed E-state index contributed by atoms with van der Waals surface area (Å²) in [5, 5.41) is 4.42. The third-order valence-electron chi connectivity index (χ3n) is 5.66. The Morgan fingerprint density at radius 1 is 1.06 bits per heavy atom. The van der Waals surface area contributed by atoms with Crippen molar-refractivity contribution in [2.24, 2.45) is 0 Å². The molecule has 2 aromatic carbocycles. The average molecular weight is 498 g/mol. The van der Waals surface area contributed by atoms with E-state index in [1.165, 1.54) is 11.3 Å². The lowest BCUT2D eigenvalue weighted by atomic mass is 9.95. The zero-order chi connectivity index (χ0) is 23.1. The molecule has 0 aromatic heterocycles. The first-order valence-corrected chi connectivity index (χ1v) is 11.9. The second-order valence-electron chi connectivity index (χ2n) is 8.00. The molecule has 1 aliphatic rings. The summed E-state index contributed by atoms with van der Waals surface area (Å²) < 4.78 is 5.64. The van der Waals surface area contributed by atoms with E-state index in [9.17, 15) is 9.59 Å². The molecule has 8 heteroatoms. The Bertz CT molecular complexity index is 948. The molecule has 0 bridgehead atoms. The Labute approximate surface area is 204 Å². The van der Waals surface area contributed by atoms with Crippen molar-refractivity contribution < 1.29 is 14.3 Å². The first-order valence-electron chi connectivity index (χ1n) is 10.8. The van der Waals surface area contributed by atoms with Crippen molar-refractivity contribution in [2.45, 2.75) is 57.7 Å². The van der Waals surface area contributed by atoms with E-state index in [4.69, 9.17) is 39.5 Å². The number of hydrogen-bond donors (Lipinski definition) is 1. The molecule has 2 amide bonds. The minimum absolute atomic E-state index is 0.153. The molecule has 1 fully saturated rings. The highest BCUT2D eigenvalue weighted by molar-refractivity contribution is 6.35. The SMILES string of the molecule is CC(C(=O)NC1CCCCC1)N(Cc1ccccc1Cl)C(=O)COc1ccc(Cl)cc1Cl. The summed E-state index contributed by atoms with van der Waals surface area (Å²) in [7, 11) is 0. The fraction of sp³-hybridized carbons (Fsp3) is 0.417. The summed E-state index contributed by atoms with van der Waals surface area (Å²) in [6.07, 6.45) is 5.35. The summed E-state index contributed by atoms with van der Waals surface area (Å²) >= 11 is 18.4. The number of amides is 2. The summed E-state index contributed by atoms with van der Waals surface area (Å²) in [5.41, 5.74) is 0.754. The van der Waals surface area contributed by atoms with E-state index >= 15 is 0 Å². The molecular formula is C24H27Cl3N2O3. The molecule has 1 aliphatic carbocycles. The molecule has 2 aromatic rings. The van der Waals surface area contributed by atoms with Gasteiger partial charge in [-0.1, -0.05) is 72.3 Å². The molecule has 1 saturated carbocycles. The van der Waals surface area contributed by atoms with E-state index in [2.05, 4.69) is 5.32 Å². The number of benzene rings is 2. The van der Waals surface area contributed by atoms with Crippen LogP contribution < -0.4 is 10.1 Å². The second kappa shape index (κ2) is 11.8. The van der Waals surface area contributed by atoms with Gasteiger partial charge < -0.3 is 15.0 Å². The fourth-order valence-corrected chi connectivity index (χ4v) is 4.43. The molecule has 172 valence electrons. The number of hydrogen-bond acceptors (Lipinski definition) is 3. The van der Waals surface area contributed by atoms with Crippen molar-refractivity contribution in [1.29, 1.82) is 0 Å². The van der Waals surface area contributed by atoms with E-state index in [1.54, 1.807) is 31.2 Å². The van der Waals surface area contributed by atoms with E-state index in [0.717, 1.165) is 31.2 Å². The highest BCUT2D eigenvalue weighted by atomic mass is 35.5. The molecule has 0 spiro atoms. The van der Waals surface area contributed by atoms with Crippen molar-refractivity contribution in [2.75, 3.05) is 6.61 Å². The first-order chi connectivity index (χ1) is 15.3. The van der Waals surface area contributed by atoms with Gasteiger partial charge in [0, 0.05) is 22.6 Å². The van der Waals surface area contributed by atoms with Gasteiger partial charge in [-0.25, -0.2) is 0 Å². The zero-order valence-electron chi connectivity index (χ0n) is 18.0. The normalized spacial score (nSPS) is 15.1. The number of carbonyl (C=O) groups excluding carboxylic acids is 2. The van der Waals surface area contributed by atoms with Crippen molar-refractivity contribution in [3.05, 3.63) is 63.1 Å². The molecule has 1 unspecified atom stereocenters. The third-order valence-corrected chi connectivity index (χ3v) is 6.56.